The molecule has 1 aromatic heterocycles. The molecule has 0 radical (unpaired) electrons. The zero-order chi connectivity index (χ0) is 22.0. The van der Waals surface area contributed by atoms with Gasteiger partial charge in [0.2, 0.25) is 5.95 Å². The maximum atomic E-state index is 11.9. The van der Waals surface area contributed by atoms with Gasteiger partial charge >= 0.3 is 0 Å². The number of piperazine rings is 1. The monoisotopic (exact) mass is 427 g/mol. The molecule has 3 fully saturated rings. The van der Waals surface area contributed by atoms with Gasteiger partial charge in [0.15, 0.2) is 0 Å². The first-order valence-corrected chi connectivity index (χ1v) is 12.6. The first-order valence-electron chi connectivity index (χ1n) is 12.6. The first kappa shape index (κ1) is 22.7. The summed E-state index contributed by atoms with van der Waals surface area (Å²) in [6.07, 6.45) is 10.9. The van der Waals surface area contributed by atoms with Crippen LogP contribution in [0.1, 0.15) is 77.7 Å². The van der Waals surface area contributed by atoms with E-state index in [9.17, 15) is 4.79 Å². The lowest BCUT2D eigenvalue weighted by atomic mass is 9.91. The van der Waals surface area contributed by atoms with Crippen LogP contribution in [0.3, 0.4) is 0 Å². The molecule has 172 valence electrons. The van der Waals surface area contributed by atoms with Gasteiger partial charge in [0.05, 0.1) is 0 Å². The highest BCUT2D eigenvalue weighted by molar-refractivity contribution is 5.80. The topological polar surface area (TPSA) is 52.6 Å². The maximum Gasteiger partial charge on any atom is 0.225 e. The number of anilines is 1. The fraction of sp³-hybridized carbons (Fsp3) is 0.800. The van der Waals surface area contributed by atoms with Crippen molar-refractivity contribution in [3.8, 4) is 0 Å². The predicted molar refractivity (Wildman–Crippen MR) is 126 cm³/mol. The molecule has 3 unspecified atom stereocenters. The summed E-state index contributed by atoms with van der Waals surface area (Å²) in [6.45, 7) is 14.0. The Morgan fingerprint density at radius 2 is 1.65 bits per heavy atom. The lowest BCUT2D eigenvalue weighted by molar-refractivity contribution is -0.122. The summed E-state index contributed by atoms with van der Waals surface area (Å²) in [6, 6.07) is 1.80. The van der Waals surface area contributed by atoms with Crippen molar-refractivity contribution in [1.82, 2.24) is 19.8 Å². The van der Waals surface area contributed by atoms with Crippen LogP contribution in [0.4, 0.5) is 5.95 Å². The highest BCUT2D eigenvalue weighted by Crippen LogP contribution is 2.35. The van der Waals surface area contributed by atoms with Gasteiger partial charge in [-0.05, 0) is 63.6 Å². The Kier molecular flexibility index (Phi) is 7.27. The van der Waals surface area contributed by atoms with Crippen LogP contribution in [0, 0.1) is 5.92 Å². The van der Waals surface area contributed by atoms with Crippen LogP contribution in [0.5, 0.6) is 0 Å². The van der Waals surface area contributed by atoms with Crippen molar-refractivity contribution in [2.45, 2.75) is 90.3 Å². The lowest BCUT2D eigenvalue weighted by Crippen LogP contribution is -2.56. The number of carbonyl (C=O) groups is 1. The van der Waals surface area contributed by atoms with E-state index in [1.165, 1.54) is 24.8 Å². The summed E-state index contributed by atoms with van der Waals surface area (Å²) in [5.74, 6) is 2.02. The van der Waals surface area contributed by atoms with Crippen LogP contribution in [-0.4, -0.2) is 76.4 Å². The molecule has 3 aliphatic heterocycles. The van der Waals surface area contributed by atoms with Gasteiger partial charge in [-0.15, -0.1) is 0 Å². The minimum Gasteiger partial charge on any atom is -0.332 e. The molecule has 31 heavy (non-hydrogen) atoms. The van der Waals surface area contributed by atoms with Crippen molar-refractivity contribution in [3.63, 3.8) is 0 Å². The molecule has 6 nitrogen and oxygen atoms in total. The average Bonchev–Trinajstić information content (AvgIpc) is 3.06. The fourth-order valence-corrected chi connectivity index (χ4v) is 5.60. The summed E-state index contributed by atoms with van der Waals surface area (Å²) in [4.78, 5) is 29.2. The summed E-state index contributed by atoms with van der Waals surface area (Å²) in [5, 5.41) is 0. The number of rotatable bonds is 8. The molecule has 4 heterocycles. The van der Waals surface area contributed by atoms with Crippen LogP contribution >= 0.6 is 0 Å². The van der Waals surface area contributed by atoms with Crippen LogP contribution in [0.25, 0.3) is 0 Å². The van der Waals surface area contributed by atoms with Gasteiger partial charge in [0.25, 0.3) is 0 Å². The molecule has 0 N–H and O–H groups in total. The molecule has 6 heteroatoms. The average molecular weight is 428 g/mol. The molecule has 3 atom stereocenters. The fourth-order valence-electron chi connectivity index (χ4n) is 5.60. The molecule has 0 saturated carbocycles. The molecule has 0 spiro atoms. The van der Waals surface area contributed by atoms with Crippen LogP contribution < -0.4 is 4.90 Å². The summed E-state index contributed by atoms with van der Waals surface area (Å²) in [7, 11) is 0. The van der Waals surface area contributed by atoms with Gasteiger partial charge in [0, 0.05) is 62.5 Å². The molecule has 3 aliphatic rings. The second kappa shape index (κ2) is 9.95. The number of piperidine rings is 1. The first-order chi connectivity index (χ1) is 15.0. The third-order valence-electron chi connectivity index (χ3n) is 7.99. The quantitative estimate of drug-likeness (QED) is 0.630. The Labute approximate surface area is 188 Å². The molecular weight excluding hydrogens is 386 g/mol. The van der Waals surface area contributed by atoms with Crippen LogP contribution in [0.15, 0.2) is 12.4 Å². The van der Waals surface area contributed by atoms with Crippen molar-refractivity contribution in [2.75, 3.05) is 37.6 Å². The van der Waals surface area contributed by atoms with E-state index in [1.54, 1.807) is 0 Å². The number of nitrogens with zero attached hydrogens (tertiary/aromatic N) is 5. The Morgan fingerprint density at radius 3 is 2.19 bits per heavy atom. The van der Waals surface area contributed by atoms with Crippen molar-refractivity contribution < 1.29 is 4.79 Å². The smallest absolute Gasteiger partial charge is 0.225 e. The minimum absolute atomic E-state index is 0.154. The van der Waals surface area contributed by atoms with E-state index in [0.717, 1.165) is 51.5 Å². The van der Waals surface area contributed by atoms with Crippen molar-refractivity contribution >= 4 is 11.7 Å². The zero-order valence-corrected chi connectivity index (χ0v) is 20.0. The number of aromatic nitrogens is 2. The van der Waals surface area contributed by atoms with Crippen molar-refractivity contribution in [2.24, 2.45) is 5.92 Å². The standard InChI is InChI=1S/C25H41N5O/c1-5-19(4)29-16-22-6-7-23(17-29)30(22)25-26-14-21(15-27-25)20-8-11-28(12-9-20)13-10-24(31)18(2)3/h14-15,18-20,22-23H,5-13,16-17H2,1-4H3. The van der Waals surface area contributed by atoms with Gasteiger partial charge in [-0.1, -0.05) is 20.8 Å². The zero-order valence-electron chi connectivity index (χ0n) is 20.0. The summed E-state index contributed by atoms with van der Waals surface area (Å²) >= 11 is 0. The molecule has 4 rings (SSSR count). The third kappa shape index (κ3) is 5.11. The normalized spacial score (nSPS) is 26.5. The van der Waals surface area contributed by atoms with E-state index in [-0.39, 0.29) is 5.92 Å². The Morgan fingerprint density at radius 1 is 1.03 bits per heavy atom. The third-order valence-corrected chi connectivity index (χ3v) is 7.99. The number of ketones is 1. The molecule has 0 amide bonds. The summed E-state index contributed by atoms with van der Waals surface area (Å²) in [5.41, 5.74) is 1.28. The molecule has 3 saturated heterocycles. The van der Waals surface area contributed by atoms with Crippen molar-refractivity contribution in [1.29, 1.82) is 0 Å². The van der Waals surface area contributed by atoms with Crippen LogP contribution in [-0.2, 0) is 4.79 Å². The number of hydrogen-bond acceptors (Lipinski definition) is 6. The van der Waals surface area contributed by atoms with E-state index < -0.39 is 0 Å². The number of carbonyl (C=O) groups excluding carboxylic acids is 1. The number of likely N-dealkylation sites (tertiary alicyclic amines) is 2. The van der Waals surface area contributed by atoms with Gasteiger partial charge in [-0.25, -0.2) is 9.97 Å². The lowest BCUT2D eigenvalue weighted by Gasteiger charge is -2.43. The van der Waals surface area contributed by atoms with Gasteiger partial charge in [-0.2, -0.15) is 0 Å². The Balaban J connectivity index is 1.30. The van der Waals surface area contributed by atoms with Gasteiger partial charge in [-0.3, -0.25) is 9.69 Å². The second-order valence-electron chi connectivity index (χ2n) is 10.3. The highest BCUT2D eigenvalue weighted by atomic mass is 16.1. The molecule has 2 bridgehead atoms. The number of fused-ring (bicyclic) bond motifs is 2. The van der Waals surface area contributed by atoms with Gasteiger partial charge < -0.3 is 9.80 Å². The highest BCUT2D eigenvalue weighted by Gasteiger charge is 2.42. The Hall–Kier alpha value is -1.53. The summed E-state index contributed by atoms with van der Waals surface area (Å²) < 4.78 is 0. The number of hydrogen-bond donors (Lipinski definition) is 0. The minimum atomic E-state index is 0.154. The predicted octanol–water partition coefficient (Wildman–Crippen LogP) is 3.72. The maximum absolute atomic E-state index is 11.9. The molecule has 0 aliphatic carbocycles. The van der Waals surface area contributed by atoms with Gasteiger partial charge in [0.1, 0.15) is 5.78 Å². The molecule has 0 aromatic carbocycles. The van der Waals surface area contributed by atoms with E-state index in [1.807, 2.05) is 13.8 Å². The molecular formula is C25H41N5O. The SMILES string of the molecule is CCC(C)N1CC2CCC(C1)N2c1ncc(C2CCN(CCC(=O)C(C)C)CC2)cn1. The van der Waals surface area contributed by atoms with E-state index >= 15 is 0 Å². The van der Waals surface area contributed by atoms with Crippen molar-refractivity contribution in [3.05, 3.63) is 18.0 Å². The Bertz CT molecular complexity index is 714. The largest absolute Gasteiger partial charge is 0.332 e. The van der Waals surface area contributed by atoms with E-state index in [4.69, 9.17) is 9.97 Å². The number of Topliss-reactive ketones (excluding diaryl/α,β-unsaturated/α-hetero) is 1. The second-order valence-corrected chi connectivity index (χ2v) is 10.3. The van der Waals surface area contributed by atoms with E-state index in [0.29, 0.717) is 36.2 Å². The van der Waals surface area contributed by atoms with Crippen LogP contribution in [0.2, 0.25) is 0 Å². The van der Waals surface area contributed by atoms with E-state index in [2.05, 4.69) is 40.9 Å². The molecule has 1 aromatic rings.